The fourth-order valence-corrected chi connectivity index (χ4v) is 3.10. The number of carbonyl (C=O) groups is 1. The van der Waals surface area contributed by atoms with Crippen LogP contribution in [0.3, 0.4) is 0 Å². The number of halogens is 1. The summed E-state index contributed by atoms with van der Waals surface area (Å²) >= 11 is 0. The van der Waals surface area contributed by atoms with Gasteiger partial charge < -0.3 is 20.0 Å². The van der Waals surface area contributed by atoms with Crippen LogP contribution in [-0.2, 0) is 0 Å². The van der Waals surface area contributed by atoms with E-state index in [0.717, 1.165) is 44.1 Å². The molecule has 0 bridgehead atoms. The first kappa shape index (κ1) is 19.1. The first-order valence-electron chi connectivity index (χ1n) is 9.17. The van der Waals surface area contributed by atoms with Crippen molar-refractivity contribution in [3.8, 4) is 0 Å². The molecule has 2 aromatic rings. The van der Waals surface area contributed by atoms with Crippen LogP contribution >= 0.6 is 0 Å². The van der Waals surface area contributed by atoms with Crippen LogP contribution in [-0.4, -0.2) is 69.2 Å². The number of pyridine rings is 1. The zero-order chi connectivity index (χ0) is 19.2. The Morgan fingerprint density at radius 2 is 1.70 bits per heavy atom. The van der Waals surface area contributed by atoms with Crippen molar-refractivity contribution in [2.45, 2.75) is 0 Å². The molecule has 1 amide bonds. The number of carbonyl (C=O) groups excluding carboxylic acids is 1. The second-order valence-corrected chi connectivity index (χ2v) is 6.91. The Morgan fingerprint density at radius 3 is 2.33 bits per heavy atom. The summed E-state index contributed by atoms with van der Waals surface area (Å²) in [6.07, 6.45) is 1.68. The maximum atomic E-state index is 13.1. The van der Waals surface area contributed by atoms with E-state index in [2.05, 4.69) is 20.1 Å². The number of aromatic nitrogens is 1. The molecule has 1 fully saturated rings. The average molecular weight is 371 g/mol. The number of hydrogen-bond donors (Lipinski definition) is 1. The lowest BCUT2D eigenvalue weighted by molar-refractivity contribution is 0.0946. The topological polar surface area (TPSA) is 51.7 Å². The summed E-state index contributed by atoms with van der Waals surface area (Å²) in [4.78, 5) is 23.0. The first-order chi connectivity index (χ1) is 13.0. The lowest BCUT2D eigenvalue weighted by Crippen LogP contribution is -2.46. The highest BCUT2D eigenvalue weighted by atomic mass is 19.1. The smallest absolute Gasteiger partial charge is 0.269 e. The Kier molecular flexibility index (Phi) is 6.24. The highest BCUT2D eigenvalue weighted by Crippen LogP contribution is 2.21. The normalized spacial score (nSPS) is 14.5. The second kappa shape index (κ2) is 8.81. The highest BCUT2D eigenvalue weighted by Gasteiger charge is 2.19. The molecular weight excluding hydrogens is 345 g/mol. The van der Waals surface area contributed by atoms with Crippen molar-refractivity contribution in [2.75, 3.05) is 63.2 Å². The number of likely N-dealkylation sites (N-methyl/N-ethyl adjacent to an activating group) is 1. The summed E-state index contributed by atoms with van der Waals surface area (Å²) in [6.45, 7) is 4.74. The summed E-state index contributed by atoms with van der Waals surface area (Å²) in [7, 11) is 3.94. The van der Waals surface area contributed by atoms with Crippen LogP contribution in [0.2, 0.25) is 0 Å². The minimum atomic E-state index is -0.217. The Morgan fingerprint density at radius 1 is 1.07 bits per heavy atom. The molecule has 0 unspecified atom stereocenters. The van der Waals surface area contributed by atoms with Gasteiger partial charge in [-0.2, -0.15) is 0 Å². The fraction of sp³-hybridized carbons (Fsp3) is 0.400. The molecule has 1 aliphatic rings. The van der Waals surface area contributed by atoms with Gasteiger partial charge in [0.15, 0.2) is 0 Å². The van der Waals surface area contributed by atoms with E-state index >= 15 is 0 Å². The SMILES string of the molecule is CN(C)CCNC(=O)c1cc(N2CCN(c3ccc(F)cc3)CC2)ccn1. The Balaban J connectivity index is 1.58. The summed E-state index contributed by atoms with van der Waals surface area (Å²) in [6, 6.07) is 10.4. The first-order valence-corrected chi connectivity index (χ1v) is 9.17. The molecule has 1 N–H and O–H groups in total. The number of hydrogen-bond acceptors (Lipinski definition) is 5. The maximum Gasteiger partial charge on any atom is 0.269 e. The second-order valence-electron chi connectivity index (χ2n) is 6.91. The molecule has 6 nitrogen and oxygen atoms in total. The lowest BCUT2D eigenvalue weighted by atomic mass is 10.2. The van der Waals surface area contributed by atoms with Crippen LogP contribution in [0.4, 0.5) is 15.8 Å². The van der Waals surface area contributed by atoms with Gasteiger partial charge in [-0.05, 0) is 50.5 Å². The van der Waals surface area contributed by atoms with E-state index in [0.29, 0.717) is 12.2 Å². The molecule has 0 radical (unpaired) electrons. The maximum absolute atomic E-state index is 13.1. The van der Waals surface area contributed by atoms with Crippen LogP contribution in [0.15, 0.2) is 42.6 Å². The van der Waals surface area contributed by atoms with Crippen LogP contribution in [0, 0.1) is 5.82 Å². The van der Waals surface area contributed by atoms with Crippen LogP contribution in [0.5, 0.6) is 0 Å². The summed E-state index contributed by atoms with van der Waals surface area (Å²) in [5.41, 5.74) is 2.47. The fourth-order valence-electron chi connectivity index (χ4n) is 3.10. The van der Waals surface area contributed by atoms with Gasteiger partial charge in [-0.25, -0.2) is 4.39 Å². The minimum Gasteiger partial charge on any atom is -0.368 e. The third kappa shape index (κ3) is 5.17. The van der Waals surface area contributed by atoms with E-state index in [1.807, 2.05) is 43.3 Å². The van der Waals surface area contributed by atoms with Gasteiger partial charge in [0.1, 0.15) is 11.5 Å². The van der Waals surface area contributed by atoms with Crippen molar-refractivity contribution >= 4 is 17.3 Å². The molecule has 1 aromatic heterocycles. The predicted octanol–water partition coefficient (Wildman–Crippen LogP) is 1.84. The summed E-state index contributed by atoms with van der Waals surface area (Å²) in [5, 5.41) is 2.89. The largest absolute Gasteiger partial charge is 0.368 e. The van der Waals surface area contributed by atoms with Gasteiger partial charge in [0.2, 0.25) is 0 Å². The molecule has 0 saturated carbocycles. The van der Waals surface area contributed by atoms with Gasteiger partial charge in [0.25, 0.3) is 5.91 Å². The van der Waals surface area contributed by atoms with Crippen LogP contribution in [0.1, 0.15) is 10.5 Å². The van der Waals surface area contributed by atoms with E-state index in [9.17, 15) is 9.18 Å². The van der Waals surface area contributed by atoms with Crippen LogP contribution in [0.25, 0.3) is 0 Å². The van der Waals surface area contributed by atoms with Crippen molar-refractivity contribution in [3.63, 3.8) is 0 Å². The number of amides is 1. The molecule has 144 valence electrons. The van der Waals surface area contributed by atoms with Crippen LogP contribution < -0.4 is 15.1 Å². The molecule has 0 aliphatic carbocycles. The predicted molar refractivity (Wildman–Crippen MR) is 106 cm³/mol. The average Bonchev–Trinajstić information content (AvgIpc) is 2.68. The van der Waals surface area contributed by atoms with Crippen molar-refractivity contribution in [1.29, 1.82) is 0 Å². The van der Waals surface area contributed by atoms with Crippen molar-refractivity contribution in [1.82, 2.24) is 15.2 Å². The lowest BCUT2D eigenvalue weighted by Gasteiger charge is -2.37. The molecule has 1 saturated heterocycles. The van der Waals surface area contributed by atoms with Gasteiger partial charge in [-0.1, -0.05) is 0 Å². The highest BCUT2D eigenvalue weighted by molar-refractivity contribution is 5.93. The standard InChI is InChI=1S/C20H26FN5O/c1-24(2)10-9-23-20(27)19-15-18(7-8-22-19)26-13-11-25(12-14-26)17-5-3-16(21)4-6-17/h3-8,15H,9-14H2,1-2H3,(H,23,27). The Hall–Kier alpha value is -2.67. The quantitative estimate of drug-likeness (QED) is 0.840. The Bertz CT molecular complexity index is 757. The molecule has 27 heavy (non-hydrogen) atoms. The number of piperazine rings is 1. The molecule has 3 rings (SSSR count). The third-order valence-corrected chi connectivity index (χ3v) is 4.66. The van der Waals surface area contributed by atoms with E-state index in [1.54, 1.807) is 6.20 Å². The zero-order valence-electron chi connectivity index (χ0n) is 15.9. The van der Waals surface area contributed by atoms with Crippen molar-refractivity contribution in [2.24, 2.45) is 0 Å². The number of nitrogens with zero attached hydrogens (tertiary/aromatic N) is 4. The molecule has 0 atom stereocenters. The van der Waals surface area contributed by atoms with E-state index < -0.39 is 0 Å². The van der Waals surface area contributed by atoms with Crippen molar-refractivity contribution in [3.05, 3.63) is 54.1 Å². The van der Waals surface area contributed by atoms with E-state index in [1.165, 1.54) is 12.1 Å². The van der Waals surface area contributed by atoms with E-state index in [-0.39, 0.29) is 11.7 Å². The van der Waals surface area contributed by atoms with Crippen molar-refractivity contribution < 1.29 is 9.18 Å². The zero-order valence-corrected chi connectivity index (χ0v) is 15.9. The van der Waals surface area contributed by atoms with Gasteiger partial charge in [-0.3, -0.25) is 9.78 Å². The molecule has 2 heterocycles. The molecule has 0 spiro atoms. The van der Waals surface area contributed by atoms with Gasteiger partial charge >= 0.3 is 0 Å². The number of rotatable bonds is 6. The molecule has 1 aliphatic heterocycles. The van der Waals surface area contributed by atoms with Gasteiger partial charge in [-0.15, -0.1) is 0 Å². The summed E-state index contributed by atoms with van der Waals surface area (Å²) < 4.78 is 13.1. The monoisotopic (exact) mass is 371 g/mol. The molecule has 7 heteroatoms. The number of anilines is 2. The minimum absolute atomic E-state index is 0.149. The van der Waals surface area contributed by atoms with Gasteiger partial charge in [0, 0.05) is 56.8 Å². The molecule has 1 aromatic carbocycles. The molecular formula is C20H26FN5O. The summed E-state index contributed by atoms with van der Waals surface area (Å²) in [5.74, 6) is -0.366. The number of benzene rings is 1. The van der Waals surface area contributed by atoms with Gasteiger partial charge in [0.05, 0.1) is 0 Å². The Labute approximate surface area is 159 Å². The number of nitrogens with one attached hydrogen (secondary N) is 1. The van der Waals surface area contributed by atoms with E-state index in [4.69, 9.17) is 0 Å². The third-order valence-electron chi connectivity index (χ3n) is 4.66.